The minimum Gasteiger partial charge on any atom is -0.303 e. The molecule has 0 rings (SSSR count). The van der Waals surface area contributed by atoms with Crippen LogP contribution in [-0.2, 0) is 9.59 Å². The third-order valence-electron chi connectivity index (χ3n) is 1.60. The lowest BCUT2D eigenvalue weighted by Gasteiger charge is -2.14. The Morgan fingerprint density at radius 3 is 2.50 bits per heavy atom. The molecule has 0 aromatic heterocycles. The number of carbonyl (C=O) groups excluding carboxylic acids is 2. The van der Waals surface area contributed by atoms with Gasteiger partial charge in [0.05, 0.1) is 0 Å². The third-order valence-corrected chi connectivity index (χ3v) is 1.60. The van der Waals surface area contributed by atoms with Crippen molar-refractivity contribution < 1.29 is 9.59 Å². The summed E-state index contributed by atoms with van der Waals surface area (Å²) >= 11 is 0. The lowest BCUT2D eigenvalue weighted by Crippen LogP contribution is -2.18. The second-order valence-corrected chi connectivity index (χ2v) is 3.65. The van der Waals surface area contributed by atoms with Crippen molar-refractivity contribution in [1.29, 1.82) is 0 Å². The molecule has 0 aromatic rings. The van der Waals surface area contributed by atoms with E-state index in [1.54, 1.807) is 19.9 Å². The Labute approximate surface area is 73.7 Å². The van der Waals surface area contributed by atoms with Gasteiger partial charge >= 0.3 is 0 Å². The maximum atomic E-state index is 11.2. The molecule has 0 spiro atoms. The smallest absolute Gasteiger partial charge is 0.134 e. The van der Waals surface area contributed by atoms with Crippen LogP contribution in [0.25, 0.3) is 0 Å². The molecular weight excluding hydrogens is 152 g/mol. The normalized spacial score (nSPS) is 10.8. The number of hydrogen-bond acceptors (Lipinski definition) is 2. The molecular formula is C10H16O2. The molecule has 2 heteroatoms. The summed E-state index contributed by atoms with van der Waals surface area (Å²) in [6, 6.07) is 0. The number of aldehydes is 1. The van der Waals surface area contributed by atoms with E-state index in [9.17, 15) is 9.59 Å². The van der Waals surface area contributed by atoms with Crippen LogP contribution in [-0.4, -0.2) is 12.1 Å². The van der Waals surface area contributed by atoms with Crippen LogP contribution in [0.5, 0.6) is 0 Å². The van der Waals surface area contributed by atoms with Gasteiger partial charge in [-0.2, -0.15) is 0 Å². The molecule has 2 nitrogen and oxygen atoms in total. The van der Waals surface area contributed by atoms with Crippen molar-refractivity contribution in [3.63, 3.8) is 0 Å². The van der Waals surface area contributed by atoms with Gasteiger partial charge in [-0.05, 0) is 6.42 Å². The molecule has 68 valence electrons. The molecule has 0 amide bonds. The molecule has 0 aromatic carbocycles. The van der Waals surface area contributed by atoms with Gasteiger partial charge in [-0.1, -0.05) is 19.9 Å². The van der Waals surface area contributed by atoms with Crippen LogP contribution in [0.15, 0.2) is 12.7 Å². The fourth-order valence-corrected chi connectivity index (χ4v) is 0.901. The molecule has 0 unspecified atom stereocenters. The van der Waals surface area contributed by atoms with Gasteiger partial charge in [0.1, 0.15) is 12.1 Å². The van der Waals surface area contributed by atoms with Crippen molar-refractivity contribution in [1.82, 2.24) is 0 Å². The van der Waals surface area contributed by atoms with Crippen molar-refractivity contribution in [2.45, 2.75) is 33.1 Å². The molecule has 0 fully saturated rings. The highest BCUT2D eigenvalue weighted by atomic mass is 16.1. The van der Waals surface area contributed by atoms with Crippen molar-refractivity contribution in [2.75, 3.05) is 0 Å². The van der Waals surface area contributed by atoms with E-state index in [2.05, 4.69) is 6.58 Å². The van der Waals surface area contributed by atoms with Gasteiger partial charge in [0, 0.05) is 18.3 Å². The zero-order valence-electron chi connectivity index (χ0n) is 7.80. The second kappa shape index (κ2) is 4.86. The van der Waals surface area contributed by atoms with Crippen molar-refractivity contribution in [3.05, 3.63) is 12.7 Å². The van der Waals surface area contributed by atoms with Crippen LogP contribution in [0, 0.1) is 5.41 Å². The first-order valence-electron chi connectivity index (χ1n) is 4.11. The average molecular weight is 168 g/mol. The second-order valence-electron chi connectivity index (χ2n) is 3.65. The summed E-state index contributed by atoms with van der Waals surface area (Å²) in [4.78, 5) is 21.6. The van der Waals surface area contributed by atoms with Crippen LogP contribution in [0.3, 0.4) is 0 Å². The summed E-state index contributed by atoms with van der Waals surface area (Å²) in [6.45, 7) is 7.07. The fourth-order valence-electron chi connectivity index (χ4n) is 0.901. The first-order valence-corrected chi connectivity index (χ1v) is 4.11. The van der Waals surface area contributed by atoms with Gasteiger partial charge in [-0.3, -0.25) is 4.79 Å². The highest BCUT2D eigenvalue weighted by Gasteiger charge is 2.20. The minimum absolute atomic E-state index is 0.131. The number of ketones is 1. The molecule has 0 aliphatic rings. The minimum atomic E-state index is -0.502. The average Bonchev–Trinajstić information content (AvgIpc) is 2.00. The van der Waals surface area contributed by atoms with E-state index in [0.717, 1.165) is 6.29 Å². The molecule has 0 aliphatic carbocycles. The molecule has 0 saturated carbocycles. The van der Waals surface area contributed by atoms with Gasteiger partial charge in [0.15, 0.2) is 0 Å². The Balaban J connectivity index is 3.83. The summed E-state index contributed by atoms with van der Waals surface area (Å²) in [6.07, 6.45) is 4.09. The SMILES string of the molecule is C=CCCC(=O)CC(C)(C)C=O. The molecule has 0 bridgehead atoms. The number of hydrogen-bond donors (Lipinski definition) is 0. The Morgan fingerprint density at radius 2 is 2.08 bits per heavy atom. The Morgan fingerprint density at radius 1 is 1.50 bits per heavy atom. The number of allylic oxidation sites excluding steroid dienone is 1. The van der Waals surface area contributed by atoms with Crippen molar-refractivity contribution in [3.8, 4) is 0 Å². The molecule has 0 radical (unpaired) electrons. The lowest BCUT2D eigenvalue weighted by atomic mass is 9.88. The molecule has 0 N–H and O–H groups in total. The Hall–Kier alpha value is -0.920. The summed E-state index contributed by atoms with van der Waals surface area (Å²) in [5, 5.41) is 0. The van der Waals surface area contributed by atoms with Crippen LogP contribution < -0.4 is 0 Å². The predicted molar refractivity (Wildman–Crippen MR) is 48.9 cm³/mol. The summed E-state index contributed by atoms with van der Waals surface area (Å²) < 4.78 is 0. The first-order chi connectivity index (χ1) is 5.52. The maximum Gasteiger partial charge on any atom is 0.134 e. The Kier molecular flexibility index (Phi) is 4.49. The van der Waals surface area contributed by atoms with E-state index in [1.165, 1.54) is 0 Å². The van der Waals surface area contributed by atoms with Crippen LogP contribution >= 0.6 is 0 Å². The molecule has 12 heavy (non-hydrogen) atoms. The topological polar surface area (TPSA) is 34.1 Å². The van der Waals surface area contributed by atoms with Gasteiger partial charge < -0.3 is 4.79 Å². The Bertz CT molecular complexity index is 180. The largest absolute Gasteiger partial charge is 0.303 e. The van der Waals surface area contributed by atoms with Gasteiger partial charge in [0.25, 0.3) is 0 Å². The van der Waals surface area contributed by atoms with Gasteiger partial charge in [0.2, 0.25) is 0 Å². The van der Waals surface area contributed by atoms with Crippen LogP contribution in [0.1, 0.15) is 33.1 Å². The number of Topliss-reactive ketones (excluding diaryl/α,β-unsaturated/α-hetero) is 1. The van der Waals surface area contributed by atoms with E-state index in [0.29, 0.717) is 19.3 Å². The summed E-state index contributed by atoms with van der Waals surface area (Å²) in [7, 11) is 0. The first kappa shape index (κ1) is 11.1. The maximum absolute atomic E-state index is 11.2. The molecule has 0 heterocycles. The van der Waals surface area contributed by atoms with E-state index in [-0.39, 0.29) is 5.78 Å². The number of rotatable bonds is 6. The van der Waals surface area contributed by atoms with E-state index < -0.39 is 5.41 Å². The van der Waals surface area contributed by atoms with Crippen molar-refractivity contribution in [2.24, 2.45) is 5.41 Å². The van der Waals surface area contributed by atoms with E-state index in [4.69, 9.17) is 0 Å². The molecule has 0 saturated heterocycles. The van der Waals surface area contributed by atoms with Crippen molar-refractivity contribution >= 4 is 12.1 Å². The highest BCUT2D eigenvalue weighted by Crippen LogP contribution is 2.18. The van der Waals surface area contributed by atoms with Crippen LogP contribution in [0.2, 0.25) is 0 Å². The predicted octanol–water partition coefficient (Wildman–Crippen LogP) is 2.14. The quantitative estimate of drug-likeness (QED) is 0.450. The highest BCUT2D eigenvalue weighted by molar-refractivity contribution is 5.82. The van der Waals surface area contributed by atoms with Gasteiger partial charge in [-0.25, -0.2) is 0 Å². The zero-order valence-corrected chi connectivity index (χ0v) is 7.80. The summed E-state index contributed by atoms with van der Waals surface area (Å²) in [5.41, 5.74) is -0.502. The third kappa shape index (κ3) is 4.83. The summed E-state index contributed by atoms with van der Waals surface area (Å²) in [5.74, 6) is 0.131. The molecule has 0 atom stereocenters. The number of carbonyl (C=O) groups is 2. The monoisotopic (exact) mass is 168 g/mol. The van der Waals surface area contributed by atoms with Gasteiger partial charge in [-0.15, -0.1) is 6.58 Å². The zero-order chi connectivity index (χ0) is 9.61. The van der Waals surface area contributed by atoms with Crippen LogP contribution in [0.4, 0.5) is 0 Å². The van der Waals surface area contributed by atoms with E-state index in [1.807, 2.05) is 0 Å². The standard InChI is InChI=1S/C10H16O2/c1-4-5-6-9(12)7-10(2,3)8-11/h4,8H,1,5-7H2,2-3H3. The fraction of sp³-hybridized carbons (Fsp3) is 0.600. The lowest BCUT2D eigenvalue weighted by molar-refractivity contribution is -0.125. The van der Waals surface area contributed by atoms with E-state index >= 15 is 0 Å². The molecule has 0 aliphatic heterocycles.